The minimum absolute atomic E-state index is 0.157. The van der Waals surface area contributed by atoms with Gasteiger partial charge in [-0.1, -0.05) is 0 Å². The summed E-state index contributed by atoms with van der Waals surface area (Å²) in [7, 11) is 0. The lowest BCUT2D eigenvalue weighted by atomic mass is 9.95. The van der Waals surface area contributed by atoms with Crippen molar-refractivity contribution in [3.05, 3.63) is 0 Å². The van der Waals surface area contributed by atoms with Crippen molar-refractivity contribution < 1.29 is 9.53 Å². The topological polar surface area (TPSA) is 64.3 Å². The minimum atomic E-state index is -0.443. The van der Waals surface area contributed by atoms with E-state index in [2.05, 4.69) is 5.32 Å². The van der Waals surface area contributed by atoms with Crippen molar-refractivity contribution in [1.29, 1.82) is 0 Å². The molecule has 0 bridgehead atoms. The van der Waals surface area contributed by atoms with Crippen molar-refractivity contribution in [2.45, 2.75) is 45.3 Å². The van der Waals surface area contributed by atoms with Crippen LogP contribution in [0.15, 0.2) is 0 Å². The molecule has 1 fully saturated rings. The zero-order valence-electron chi connectivity index (χ0n) is 11.0. The number of nitrogens with two attached hydrogens (primary N) is 1. The molecule has 1 rings (SSSR count). The van der Waals surface area contributed by atoms with Gasteiger partial charge in [-0.25, -0.2) is 4.79 Å². The lowest BCUT2D eigenvalue weighted by molar-refractivity contribution is 0.0485. The highest BCUT2D eigenvalue weighted by Gasteiger charge is 2.26. The first kappa shape index (κ1) is 14.6. The molecule has 1 amide bonds. The SMILES string of the molecule is CC(C)(C)OC(=O)NC1CCSCCC1CN. The van der Waals surface area contributed by atoms with Crippen LogP contribution in [0, 0.1) is 5.92 Å². The van der Waals surface area contributed by atoms with Crippen LogP contribution < -0.4 is 11.1 Å². The van der Waals surface area contributed by atoms with E-state index in [1.54, 1.807) is 0 Å². The van der Waals surface area contributed by atoms with Gasteiger partial charge in [0, 0.05) is 6.04 Å². The fourth-order valence-corrected chi connectivity index (χ4v) is 3.01. The summed E-state index contributed by atoms with van der Waals surface area (Å²) in [6.45, 7) is 6.24. The summed E-state index contributed by atoms with van der Waals surface area (Å²) in [6, 6.07) is 0.157. The molecule has 0 aromatic rings. The number of carbonyl (C=O) groups is 1. The van der Waals surface area contributed by atoms with Crippen molar-refractivity contribution >= 4 is 17.9 Å². The van der Waals surface area contributed by atoms with Crippen LogP contribution in [0.4, 0.5) is 4.79 Å². The maximum atomic E-state index is 11.7. The molecule has 0 aromatic heterocycles. The van der Waals surface area contributed by atoms with Gasteiger partial charge in [-0.05, 0) is 57.6 Å². The lowest BCUT2D eigenvalue weighted by Gasteiger charge is -2.27. The molecule has 100 valence electrons. The standard InChI is InChI=1S/C12H24N2O2S/c1-12(2,3)16-11(15)14-10-5-7-17-6-4-9(10)8-13/h9-10H,4-8,13H2,1-3H3,(H,14,15). The Morgan fingerprint density at radius 2 is 2.06 bits per heavy atom. The molecule has 1 saturated heterocycles. The summed E-state index contributed by atoms with van der Waals surface area (Å²) in [6.07, 6.45) is 1.72. The molecule has 0 aromatic carbocycles. The first-order chi connectivity index (χ1) is 7.92. The number of ether oxygens (including phenoxy) is 1. The molecule has 1 aliphatic rings. The van der Waals surface area contributed by atoms with Crippen LogP contribution in [0.2, 0.25) is 0 Å². The van der Waals surface area contributed by atoms with Gasteiger partial charge in [0.15, 0.2) is 0 Å². The third-order valence-electron chi connectivity index (χ3n) is 2.78. The third-order valence-corrected chi connectivity index (χ3v) is 3.83. The van der Waals surface area contributed by atoms with Crippen LogP contribution in [0.3, 0.4) is 0 Å². The molecule has 2 atom stereocenters. The van der Waals surface area contributed by atoms with Crippen molar-refractivity contribution in [1.82, 2.24) is 5.32 Å². The van der Waals surface area contributed by atoms with E-state index >= 15 is 0 Å². The van der Waals surface area contributed by atoms with Gasteiger partial charge in [0.1, 0.15) is 5.60 Å². The average Bonchev–Trinajstić information content (AvgIpc) is 2.39. The van der Waals surface area contributed by atoms with E-state index in [1.165, 1.54) is 0 Å². The molecule has 17 heavy (non-hydrogen) atoms. The largest absolute Gasteiger partial charge is 0.444 e. The van der Waals surface area contributed by atoms with E-state index in [4.69, 9.17) is 10.5 Å². The van der Waals surface area contributed by atoms with Crippen LogP contribution in [0.1, 0.15) is 33.6 Å². The zero-order valence-corrected chi connectivity index (χ0v) is 11.8. The van der Waals surface area contributed by atoms with Gasteiger partial charge in [0.25, 0.3) is 0 Å². The van der Waals surface area contributed by atoms with Crippen molar-refractivity contribution in [2.24, 2.45) is 11.7 Å². The Morgan fingerprint density at radius 3 is 2.65 bits per heavy atom. The molecule has 0 aliphatic carbocycles. The Hall–Kier alpha value is -0.420. The van der Waals surface area contributed by atoms with Crippen molar-refractivity contribution in [3.8, 4) is 0 Å². The number of alkyl carbamates (subject to hydrolysis) is 1. The molecule has 3 N–H and O–H groups in total. The summed E-state index contributed by atoms with van der Waals surface area (Å²) in [4.78, 5) is 11.7. The Balaban J connectivity index is 2.49. The Bertz CT molecular complexity index is 253. The number of nitrogens with one attached hydrogen (secondary N) is 1. The van der Waals surface area contributed by atoms with E-state index < -0.39 is 5.60 Å². The van der Waals surface area contributed by atoms with Gasteiger partial charge < -0.3 is 15.8 Å². The zero-order chi connectivity index (χ0) is 12.9. The monoisotopic (exact) mass is 260 g/mol. The number of hydrogen-bond acceptors (Lipinski definition) is 4. The maximum absolute atomic E-state index is 11.7. The van der Waals surface area contributed by atoms with Crippen molar-refractivity contribution in [2.75, 3.05) is 18.1 Å². The minimum Gasteiger partial charge on any atom is -0.444 e. The van der Waals surface area contributed by atoms with Crippen LogP contribution in [0.25, 0.3) is 0 Å². The number of carbonyl (C=O) groups excluding carboxylic acids is 1. The normalized spacial score (nSPS) is 26.1. The molecule has 0 saturated carbocycles. The number of hydrogen-bond donors (Lipinski definition) is 2. The molecule has 2 unspecified atom stereocenters. The van der Waals surface area contributed by atoms with Gasteiger partial charge in [-0.3, -0.25) is 0 Å². The Morgan fingerprint density at radius 1 is 1.41 bits per heavy atom. The smallest absolute Gasteiger partial charge is 0.407 e. The predicted molar refractivity (Wildman–Crippen MR) is 72.3 cm³/mol. The van der Waals surface area contributed by atoms with Crippen LogP contribution in [-0.4, -0.2) is 35.8 Å². The molecule has 0 radical (unpaired) electrons. The first-order valence-electron chi connectivity index (χ1n) is 6.19. The number of amides is 1. The van der Waals surface area contributed by atoms with Crippen LogP contribution in [0.5, 0.6) is 0 Å². The van der Waals surface area contributed by atoms with E-state index in [1.807, 2.05) is 32.5 Å². The highest BCUT2D eigenvalue weighted by Crippen LogP contribution is 2.22. The summed E-state index contributed by atoms with van der Waals surface area (Å²) in [5.41, 5.74) is 5.32. The predicted octanol–water partition coefficient (Wildman–Crippen LogP) is 1.98. The second-order valence-electron chi connectivity index (χ2n) is 5.44. The van der Waals surface area contributed by atoms with E-state index in [-0.39, 0.29) is 12.1 Å². The van der Waals surface area contributed by atoms with Crippen LogP contribution in [-0.2, 0) is 4.74 Å². The first-order valence-corrected chi connectivity index (χ1v) is 7.35. The van der Waals surface area contributed by atoms with E-state index in [0.717, 1.165) is 24.3 Å². The molecule has 1 aliphatic heterocycles. The molecular formula is C12H24N2O2S. The quantitative estimate of drug-likeness (QED) is 0.797. The highest BCUT2D eigenvalue weighted by atomic mass is 32.2. The maximum Gasteiger partial charge on any atom is 0.407 e. The summed E-state index contributed by atoms with van der Waals surface area (Å²) < 4.78 is 5.28. The second kappa shape index (κ2) is 6.50. The lowest BCUT2D eigenvalue weighted by Crippen LogP contribution is -2.45. The Labute approximate surface area is 108 Å². The summed E-state index contributed by atoms with van der Waals surface area (Å²) in [5.74, 6) is 2.59. The van der Waals surface area contributed by atoms with Crippen molar-refractivity contribution in [3.63, 3.8) is 0 Å². The molecule has 4 nitrogen and oxygen atoms in total. The van der Waals surface area contributed by atoms with E-state index in [9.17, 15) is 4.79 Å². The number of rotatable bonds is 2. The van der Waals surface area contributed by atoms with Gasteiger partial charge >= 0.3 is 6.09 Å². The van der Waals surface area contributed by atoms with Gasteiger partial charge in [0.05, 0.1) is 0 Å². The molecule has 1 heterocycles. The fourth-order valence-electron chi connectivity index (χ4n) is 1.92. The van der Waals surface area contributed by atoms with Gasteiger partial charge in [-0.2, -0.15) is 11.8 Å². The van der Waals surface area contributed by atoms with Gasteiger partial charge in [-0.15, -0.1) is 0 Å². The van der Waals surface area contributed by atoms with E-state index in [0.29, 0.717) is 12.5 Å². The Kier molecular flexibility index (Phi) is 5.59. The molecule has 0 spiro atoms. The summed E-state index contributed by atoms with van der Waals surface area (Å²) >= 11 is 1.93. The second-order valence-corrected chi connectivity index (χ2v) is 6.66. The summed E-state index contributed by atoms with van der Waals surface area (Å²) in [5, 5.41) is 2.96. The molecule has 5 heteroatoms. The van der Waals surface area contributed by atoms with Crippen LogP contribution >= 0.6 is 11.8 Å². The number of thioether (sulfide) groups is 1. The van der Waals surface area contributed by atoms with Gasteiger partial charge in [0.2, 0.25) is 0 Å². The fraction of sp³-hybridized carbons (Fsp3) is 0.917. The average molecular weight is 260 g/mol. The molecular weight excluding hydrogens is 236 g/mol. The third kappa shape index (κ3) is 5.64. The highest BCUT2D eigenvalue weighted by molar-refractivity contribution is 7.99.